The minimum absolute atomic E-state index is 0.0774. The van der Waals surface area contributed by atoms with E-state index in [0.29, 0.717) is 12.4 Å². The Morgan fingerprint density at radius 3 is 2.85 bits per heavy atom. The van der Waals surface area contributed by atoms with E-state index in [0.717, 1.165) is 18.4 Å². The SMILES string of the molecule is CN(Cc1nncn1C)C(=O)[C@H]1OCC(=O)N(C2CC2)[C@@H]1c1cccnc1. The molecule has 9 heteroatoms. The molecule has 1 aliphatic heterocycles. The molecule has 3 heterocycles. The van der Waals surface area contributed by atoms with E-state index < -0.39 is 12.1 Å². The van der Waals surface area contributed by atoms with Gasteiger partial charge in [-0.15, -0.1) is 10.2 Å². The standard InChI is InChI=1S/C18H22N6O3/c1-22(9-14-21-20-11-23(14)2)18(26)17-16(12-4-3-7-19-8-12)24(13-5-6-13)15(25)10-27-17/h3-4,7-8,11,13,16-17H,5-6,9-10H2,1-2H3/t16-,17+/m1/s1. The van der Waals surface area contributed by atoms with Crippen molar-refractivity contribution in [3.8, 4) is 0 Å². The van der Waals surface area contributed by atoms with Gasteiger partial charge in [0.1, 0.15) is 12.9 Å². The Kier molecular flexibility index (Phi) is 4.61. The van der Waals surface area contributed by atoms with Crippen molar-refractivity contribution in [2.24, 2.45) is 7.05 Å². The van der Waals surface area contributed by atoms with E-state index >= 15 is 0 Å². The molecule has 2 aromatic heterocycles. The summed E-state index contributed by atoms with van der Waals surface area (Å²) in [5.74, 6) is 0.408. The number of carbonyl (C=O) groups is 2. The molecule has 142 valence electrons. The van der Waals surface area contributed by atoms with Crippen LogP contribution >= 0.6 is 0 Å². The molecule has 1 saturated heterocycles. The molecule has 2 amide bonds. The van der Waals surface area contributed by atoms with Crippen LogP contribution in [0.1, 0.15) is 30.3 Å². The first kappa shape index (κ1) is 17.6. The smallest absolute Gasteiger partial charge is 0.254 e. The number of amides is 2. The molecule has 1 saturated carbocycles. The van der Waals surface area contributed by atoms with Gasteiger partial charge in [0.25, 0.3) is 5.91 Å². The monoisotopic (exact) mass is 370 g/mol. The summed E-state index contributed by atoms with van der Waals surface area (Å²) in [6.07, 6.45) is 6.11. The van der Waals surface area contributed by atoms with Crippen LogP contribution in [0.4, 0.5) is 0 Å². The Balaban J connectivity index is 1.61. The van der Waals surface area contributed by atoms with E-state index in [4.69, 9.17) is 4.74 Å². The highest BCUT2D eigenvalue weighted by atomic mass is 16.5. The second-order valence-electron chi connectivity index (χ2n) is 7.05. The lowest BCUT2D eigenvalue weighted by Crippen LogP contribution is -2.55. The van der Waals surface area contributed by atoms with E-state index in [2.05, 4.69) is 15.2 Å². The lowest BCUT2D eigenvalue weighted by molar-refractivity contribution is -0.170. The van der Waals surface area contributed by atoms with Gasteiger partial charge < -0.3 is 19.1 Å². The lowest BCUT2D eigenvalue weighted by Gasteiger charge is -2.41. The molecule has 0 N–H and O–H groups in total. The average molecular weight is 370 g/mol. The number of likely N-dealkylation sites (N-methyl/N-ethyl adjacent to an activating group) is 1. The molecular weight excluding hydrogens is 348 g/mol. The maximum atomic E-state index is 13.2. The number of morpholine rings is 1. The zero-order valence-electron chi connectivity index (χ0n) is 15.4. The Morgan fingerprint density at radius 1 is 1.41 bits per heavy atom. The van der Waals surface area contributed by atoms with Gasteiger partial charge in [0.2, 0.25) is 5.91 Å². The van der Waals surface area contributed by atoms with Crippen molar-refractivity contribution in [3.05, 3.63) is 42.2 Å². The Bertz CT molecular complexity index is 835. The zero-order valence-corrected chi connectivity index (χ0v) is 15.4. The Hall–Kier alpha value is -2.81. The van der Waals surface area contributed by atoms with Gasteiger partial charge in [0, 0.05) is 32.5 Å². The number of ether oxygens (including phenoxy) is 1. The molecule has 0 aromatic carbocycles. The number of hydrogen-bond acceptors (Lipinski definition) is 6. The van der Waals surface area contributed by atoms with E-state index in [1.54, 1.807) is 35.2 Å². The van der Waals surface area contributed by atoms with Gasteiger partial charge in [-0.1, -0.05) is 6.07 Å². The van der Waals surface area contributed by atoms with Crippen LogP contribution in [0.5, 0.6) is 0 Å². The van der Waals surface area contributed by atoms with Crippen molar-refractivity contribution < 1.29 is 14.3 Å². The Morgan fingerprint density at radius 2 is 2.22 bits per heavy atom. The quantitative estimate of drug-likeness (QED) is 0.751. The number of nitrogens with zero attached hydrogens (tertiary/aromatic N) is 6. The molecule has 2 atom stereocenters. The summed E-state index contributed by atoms with van der Waals surface area (Å²) in [5, 5.41) is 7.87. The fourth-order valence-corrected chi connectivity index (χ4v) is 3.46. The third kappa shape index (κ3) is 3.42. The molecule has 4 rings (SSSR count). The second kappa shape index (κ2) is 7.07. The van der Waals surface area contributed by atoms with Crippen LogP contribution in [0.25, 0.3) is 0 Å². The summed E-state index contributed by atoms with van der Waals surface area (Å²) in [7, 11) is 3.54. The number of aryl methyl sites for hydroxylation is 1. The molecule has 0 radical (unpaired) electrons. The van der Waals surface area contributed by atoms with Crippen LogP contribution < -0.4 is 0 Å². The van der Waals surface area contributed by atoms with E-state index in [1.807, 2.05) is 24.1 Å². The highest BCUT2D eigenvalue weighted by molar-refractivity contribution is 5.86. The first-order valence-corrected chi connectivity index (χ1v) is 8.97. The van der Waals surface area contributed by atoms with Gasteiger partial charge in [0.15, 0.2) is 11.9 Å². The van der Waals surface area contributed by atoms with Crippen LogP contribution in [0.15, 0.2) is 30.9 Å². The van der Waals surface area contributed by atoms with Crippen molar-refractivity contribution >= 4 is 11.8 Å². The molecule has 2 aromatic rings. The van der Waals surface area contributed by atoms with Crippen LogP contribution in [0, 0.1) is 0 Å². The minimum Gasteiger partial charge on any atom is -0.356 e. The van der Waals surface area contributed by atoms with Gasteiger partial charge in [-0.25, -0.2) is 0 Å². The highest BCUT2D eigenvalue weighted by Crippen LogP contribution is 2.39. The predicted molar refractivity (Wildman–Crippen MR) is 94.1 cm³/mol. The minimum atomic E-state index is -0.772. The third-order valence-electron chi connectivity index (χ3n) is 5.03. The summed E-state index contributed by atoms with van der Waals surface area (Å²) in [5.41, 5.74) is 0.808. The van der Waals surface area contributed by atoms with Gasteiger partial charge in [0.05, 0.1) is 12.6 Å². The van der Waals surface area contributed by atoms with Gasteiger partial charge in [-0.05, 0) is 24.5 Å². The number of carbonyl (C=O) groups excluding carboxylic acids is 2. The topological polar surface area (TPSA) is 93.4 Å². The van der Waals surface area contributed by atoms with Crippen LogP contribution in [-0.4, -0.2) is 67.2 Å². The van der Waals surface area contributed by atoms with Gasteiger partial charge >= 0.3 is 0 Å². The normalized spacial score (nSPS) is 22.7. The van der Waals surface area contributed by atoms with Crippen molar-refractivity contribution in [2.45, 2.75) is 37.6 Å². The van der Waals surface area contributed by atoms with E-state index in [-0.39, 0.29) is 24.5 Å². The van der Waals surface area contributed by atoms with Crippen LogP contribution in [0.2, 0.25) is 0 Å². The maximum Gasteiger partial charge on any atom is 0.254 e. The number of rotatable bonds is 5. The lowest BCUT2D eigenvalue weighted by atomic mass is 9.98. The fourth-order valence-electron chi connectivity index (χ4n) is 3.46. The average Bonchev–Trinajstić information content (AvgIpc) is 3.44. The first-order chi connectivity index (χ1) is 13.1. The molecular formula is C18H22N6O3. The van der Waals surface area contributed by atoms with Crippen LogP contribution in [-0.2, 0) is 27.9 Å². The molecule has 0 bridgehead atoms. The van der Waals surface area contributed by atoms with Crippen molar-refractivity contribution in [2.75, 3.05) is 13.7 Å². The summed E-state index contributed by atoms with van der Waals surface area (Å²) in [4.78, 5) is 33.3. The summed E-state index contributed by atoms with van der Waals surface area (Å²) < 4.78 is 7.51. The number of aromatic nitrogens is 4. The van der Waals surface area contributed by atoms with E-state index in [1.165, 1.54) is 0 Å². The van der Waals surface area contributed by atoms with Crippen molar-refractivity contribution in [3.63, 3.8) is 0 Å². The fraction of sp³-hybridized carbons (Fsp3) is 0.500. The Labute approximate surface area is 156 Å². The van der Waals surface area contributed by atoms with Gasteiger partial charge in [-0.3, -0.25) is 14.6 Å². The molecule has 0 spiro atoms. The number of pyridine rings is 1. The van der Waals surface area contributed by atoms with Crippen LogP contribution in [0.3, 0.4) is 0 Å². The summed E-state index contributed by atoms with van der Waals surface area (Å²) in [6.45, 7) is 0.230. The molecule has 27 heavy (non-hydrogen) atoms. The van der Waals surface area contributed by atoms with Gasteiger partial charge in [-0.2, -0.15) is 0 Å². The molecule has 2 aliphatic rings. The molecule has 9 nitrogen and oxygen atoms in total. The molecule has 0 unspecified atom stereocenters. The summed E-state index contributed by atoms with van der Waals surface area (Å²) >= 11 is 0. The van der Waals surface area contributed by atoms with Crippen molar-refractivity contribution in [1.29, 1.82) is 0 Å². The molecule has 2 fully saturated rings. The van der Waals surface area contributed by atoms with E-state index in [9.17, 15) is 9.59 Å². The number of hydrogen-bond donors (Lipinski definition) is 0. The summed E-state index contributed by atoms with van der Waals surface area (Å²) in [6, 6.07) is 3.40. The predicted octanol–water partition coefficient (Wildman–Crippen LogP) is 0.300. The van der Waals surface area contributed by atoms with Crippen molar-refractivity contribution in [1.82, 2.24) is 29.5 Å². The largest absolute Gasteiger partial charge is 0.356 e. The third-order valence-corrected chi connectivity index (χ3v) is 5.03. The highest BCUT2D eigenvalue weighted by Gasteiger charge is 2.48. The first-order valence-electron chi connectivity index (χ1n) is 8.97. The molecule has 1 aliphatic carbocycles. The second-order valence-corrected chi connectivity index (χ2v) is 7.05. The zero-order chi connectivity index (χ0) is 19.0. The maximum absolute atomic E-state index is 13.2.